The molecule has 0 bridgehead atoms. The lowest BCUT2D eigenvalue weighted by Gasteiger charge is -2.23. The summed E-state index contributed by atoms with van der Waals surface area (Å²) in [6.07, 6.45) is 4.05. The monoisotopic (exact) mass is 317 g/mol. The maximum atomic E-state index is 5.91. The van der Waals surface area contributed by atoms with Crippen molar-refractivity contribution < 1.29 is 9.15 Å². The molecule has 3 aromatic heterocycles. The third kappa shape index (κ3) is 2.51. The Labute approximate surface area is 132 Å². The van der Waals surface area contributed by atoms with E-state index in [2.05, 4.69) is 14.5 Å². The van der Waals surface area contributed by atoms with Crippen LogP contribution in [0.25, 0.3) is 22.7 Å². The highest BCUT2D eigenvalue weighted by atomic mass is 35.5. The summed E-state index contributed by atoms with van der Waals surface area (Å²) >= 11 is 5.91. The van der Waals surface area contributed by atoms with Crippen LogP contribution in [-0.2, 0) is 11.3 Å². The lowest BCUT2D eigenvalue weighted by atomic mass is 10.0. The number of halogens is 1. The van der Waals surface area contributed by atoms with Crippen molar-refractivity contribution in [3.63, 3.8) is 0 Å². The van der Waals surface area contributed by atoms with E-state index in [4.69, 9.17) is 20.8 Å². The normalized spacial score (nSPS) is 18.9. The van der Waals surface area contributed by atoms with Crippen molar-refractivity contribution in [1.29, 1.82) is 0 Å². The molecule has 1 fully saturated rings. The summed E-state index contributed by atoms with van der Waals surface area (Å²) in [5.41, 5.74) is 1.73. The van der Waals surface area contributed by atoms with Gasteiger partial charge in [-0.15, -0.1) is 0 Å². The van der Waals surface area contributed by atoms with Crippen LogP contribution >= 0.6 is 11.6 Å². The Bertz CT molecular complexity index is 790. The fourth-order valence-corrected chi connectivity index (χ4v) is 3.11. The van der Waals surface area contributed by atoms with Gasteiger partial charge >= 0.3 is 0 Å². The van der Waals surface area contributed by atoms with Crippen molar-refractivity contribution in [1.82, 2.24) is 14.5 Å². The molecule has 0 N–H and O–H groups in total. The Kier molecular flexibility index (Phi) is 3.60. The quantitative estimate of drug-likeness (QED) is 0.738. The van der Waals surface area contributed by atoms with Crippen LogP contribution in [0.15, 0.2) is 34.9 Å². The third-order valence-electron chi connectivity index (χ3n) is 3.99. The zero-order valence-corrected chi connectivity index (χ0v) is 12.8. The van der Waals surface area contributed by atoms with Crippen LogP contribution in [0.5, 0.6) is 0 Å². The molecule has 0 aliphatic carbocycles. The Morgan fingerprint density at radius 2 is 2.27 bits per heavy atom. The van der Waals surface area contributed by atoms with Crippen LogP contribution < -0.4 is 0 Å². The number of aromatic nitrogens is 3. The van der Waals surface area contributed by atoms with Crippen molar-refractivity contribution in [2.45, 2.75) is 19.4 Å². The highest BCUT2D eigenvalue weighted by Gasteiger charge is 2.21. The second-order valence-corrected chi connectivity index (χ2v) is 5.95. The third-order valence-corrected chi connectivity index (χ3v) is 4.20. The van der Waals surface area contributed by atoms with E-state index in [1.54, 1.807) is 12.3 Å². The first-order valence-electron chi connectivity index (χ1n) is 7.46. The first-order chi connectivity index (χ1) is 10.8. The Balaban J connectivity index is 1.79. The van der Waals surface area contributed by atoms with Crippen LogP contribution in [0, 0.1) is 5.92 Å². The molecule has 114 valence electrons. The number of furan rings is 1. The van der Waals surface area contributed by atoms with E-state index in [9.17, 15) is 0 Å². The molecule has 5 nitrogen and oxygen atoms in total. The van der Waals surface area contributed by atoms with Gasteiger partial charge in [0.05, 0.1) is 6.61 Å². The summed E-state index contributed by atoms with van der Waals surface area (Å²) < 4.78 is 13.3. The van der Waals surface area contributed by atoms with Crippen molar-refractivity contribution in [3.8, 4) is 11.6 Å². The summed E-state index contributed by atoms with van der Waals surface area (Å²) in [5, 5.41) is 0.363. The predicted octanol–water partition coefficient (Wildman–Crippen LogP) is 3.77. The van der Waals surface area contributed by atoms with E-state index in [1.165, 1.54) is 0 Å². The fraction of sp³-hybridized carbons (Fsp3) is 0.375. The molecule has 0 radical (unpaired) electrons. The van der Waals surface area contributed by atoms with Gasteiger partial charge in [-0.25, -0.2) is 9.97 Å². The molecule has 0 amide bonds. The van der Waals surface area contributed by atoms with E-state index < -0.39 is 0 Å². The standard InChI is InChI=1S/C16H16ClN3O2/c17-14-6-5-13(22-14)16-19-12-4-1-7-18-15(12)20(16)9-11-3-2-8-21-10-11/h1,4-7,11H,2-3,8-10H2. The Hall–Kier alpha value is -1.85. The van der Waals surface area contributed by atoms with Gasteiger partial charge in [0.15, 0.2) is 22.5 Å². The number of imidazole rings is 1. The zero-order chi connectivity index (χ0) is 14.9. The van der Waals surface area contributed by atoms with Crippen molar-refractivity contribution in [3.05, 3.63) is 35.7 Å². The molecule has 0 spiro atoms. The minimum Gasteiger partial charge on any atom is -0.441 e. The van der Waals surface area contributed by atoms with Gasteiger partial charge in [0.2, 0.25) is 0 Å². The molecular formula is C16H16ClN3O2. The molecule has 1 saturated heterocycles. The number of hydrogen-bond donors (Lipinski definition) is 0. The fourth-order valence-electron chi connectivity index (χ4n) is 2.96. The Morgan fingerprint density at radius 1 is 1.32 bits per heavy atom. The number of ether oxygens (including phenoxy) is 1. The molecular weight excluding hydrogens is 302 g/mol. The van der Waals surface area contributed by atoms with Gasteiger partial charge in [-0.05, 0) is 48.7 Å². The van der Waals surface area contributed by atoms with Gasteiger partial charge in [-0.1, -0.05) is 0 Å². The second-order valence-electron chi connectivity index (χ2n) is 5.58. The van der Waals surface area contributed by atoms with Crippen molar-refractivity contribution in [2.75, 3.05) is 13.2 Å². The second kappa shape index (κ2) is 5.74. The average Bonchev–Trinajstić information content (AvgIpc) is 3.13. The number of rotatable bonds is 3. The van der Waals surface area contributed by atoms with Crippen molar-refractivity contribution >= 4 is 22.8 Å². The minimum atomic E-state index is 0.363. The maximum Gasteiger partial charge on any atom is 0.194 e. The van der Waals surface area contributed by atoms with E-state index in [-0.39, 0.29) is 0 Å². The topological polar surface area (TPSA) is 53.1 Å². The SMILES string of the molecule is Clc1ccc(-c2nc3cccnc3n2CC2CCCOC2)o1. The van der Waals surface area contributed by atoms with Gasteiger partial charge in [-0.2, -0.15) is 0 Å². The number of hydrogen-bond acceptors (Lipinski definition) is 4. The van der Waals surface area contributed by atoms with Gasteiger partial charge in [0.1, 0.15) is 5.52 Å². The van der Waals surface area contributed by atoms with Crippen molar-refractivity contribution in [2.24, 2.45) is 5.92 Å². The Morgan fingerprint density at radius 3 is 3.05 bits per heavy atom. The average molecular weight is 318 g/mol. The predicted molar refractivity (Wildman–Crippen MR) is 83.8 cm³/mol. The van der Waals surface area contributed by atoms with Gasteiger partial charge in [-0.3, -0.25) is 0 Å². The molecule has 1 unspecified atom stereocenters. The largest absolute Gasteiger partial charge is 0.441 e. The number of pyridine rings is 1. The van der Waals surface area contributed by atoms with Crippen LogP contribution in [0.4, 0.5) is 0 Å². The van der Waals surface area contributed by atoms with E-state index in [0.717, 1.165) is 49.6 Å². The molecule has 1 atom stereocenters. The molecule has 4 rings (SSSR count). The first-order valence-corrected chi connectivity index (χ1v) is 7.84. The van der Waals surface area contributed by atoms with Gasteiger partial charge in [0, 0.05) is 25.3 Å². The molecule has 0 aromatic carbocycles. The molecule has 3 aromatic rings. The van der Waals surface area contributed by atoms with Crippen LogP contribution in [-0.4, -0.2) is 27.7 Å². The maximum absolute atomic E-state index is 5.91. The number of fused-ring (bicyclic) bond motifs is 1. The molecule has 0 saturated carbocycles. The van der Waals surface area contributed by atoms with E-state index in [1.807, 2.05) is 18.2 Å². The molecule has 4 heterocycles. The van der Waals surface area contributed by atoms with E-state index in [0.29, 0.717) is 16.9 Å². The molecule has 22 heavy (non-hydrogen) atoms. The lowest BCUT2D eigenvalue weighted by molar-refractivity contribution is 0.0488. The molecule has 6 heteroatoms. The van der Waals surface area contributed by atoms with Crippen LogP contribution in [0.1, 0.15) is 12.8 Å². The van der Waals surface area contributed by atoms with Gasteiger partial charge < -0.3 is 13.7 Å². The summed E-state index contributed by atoms with van der Waals surface area (Å²) in [4.78, 5) is 9.15. The summed E-state index contributed by atoms with van der Waals surface area (Å²) in [6, 6.07) is 7.43. The summed E-state index contributed by atoms with van der Waals surface area (Å²) in [6.45, 7) is 2.46. The smallest absolute Gasteiger partial charge is 0.194 e. The summed E-state index contributed by atoms with van der Waals surface area (Å²) in [5.74, 6) is 1.91. The van der Waals surface area contributed by atoms with Crippen LogP contribution in [0.2, 0.25) is 5.22 Å². The molecule has 1 aliphatic heterocycles. The lowest BCUT2D eigenvalue weighted by Crippen LogP contribution is -2.22. The first kappa shape index (κ1) is 13.8. The van der Waals surface area contributed by atoms with Gasteiger partial charge in [0.25, 0.3) is 0 Å². The molecule has 1 aliphatic rings. The van der Waals surface area contributed by atoms with Crippen LogP contribution in [0.3, 0.4) is 0 Å². The summed E-state index contributed by atoms with van der Waals surface area (Å²) in [7, 11) is 0. The van der Waals surface area contributed by atoms with E-state index >= 15 is 0 Å². The highest BCUT2D eigenvalue weighted by Crippen LogP contribution is 2.29. The minimum absolute atomic E-state index is 0.363. The zero-order valence-electron chi connectivity index (χ0n) is 12.0. The number of nitrogens with zero attached hydrogens (tertiary/aromatic N) is 3. The highest BCUT2D eigenvalue weighted by molar-refractivity contribution is 6.28.